The maximum atomic E-state index is 5.53. The fourth-order valence-corrected chi connectivity index (χ4v) is 2.20. The maximum absolute atomic E-state index is 5.53. The molecule has 2 aromatic heterocycles. The van der Waals surface area contributed by atoms with Gasteiger partial charge in [0.05, 0.1) is 11.3 Å². The van der Waals surface area contributed by atoms with Crippen LogP contribution in [0.4, 0.5) is 5.95 Å². The molecule has 0 saturated carbocycles. The molecule has 2 heterocycles. The monoisotopic (exact) mass is 294 g/mol. The summed E-state index contributed by atoms with van der Waals surface area (Å²) in [5.41, 5.74) is 2.91. The Morgan fingerprint density at radius 2 is 1.77 bits per heavy atom. The maximum Gasteiger partial charge on any atom is 0.222 e. The van der Waals surface area contributed by atoms with Gasteiger partial charge in [-0.1, -0.05) is 30.3 Å². The minimum Gasteiger partial charge on any atom is -0.443 e. The van der Waals surface area contributed by atoms with Crippen LogP contribution in [0, 0.1) is 0 Å². The third-order valence-electron chi connectivity index (χ3n) is 3.19. The van der Waals surface area contributed by atoms with E-state index < -0.39 is 0 Å². The third-order valence-corrected chi connectivity index (χ3v) is 3.19. The summed E-state index contributed by atoms with van der Waals surface area (Å²) in [5.74, 6) is 1.34. The van der Waals surface area contributed by atoms with Crippen LogP contribution in [0.2, 0.25) is 0 Å². The van der Waals surface area contributed by atoms with Crippen molar-refractivity contribution >= 4 is 5.95 Å². The van der Waals surface area contributed by atoms with E-state index >= 15 is 0 Å². The molecule has 0 atom stereocenters. The Kier molecular flexibility index (Phi) is 4.14. The number of hydrogen-bond donors (Lipinski definition) is 1. The van der Waals surface area contributed by atoms with Crippen molar-refractivity contribution < 1.29 is 4.42 Å². The second kappa shape index (κ2) is 6.39. The second-order valence-corrected chi connectivity index (χ2v) is 5.38. The van der Waals surface area contributed by atoms with E-state index in [-0.39, 0.29) is 0 Å². The summed E-state index contributed by atoms with van der Waals surface area (Å²) in [4.78, 5) is 12.9. The molecule has 0 aliphatic carbocycles. The molecule has 0 bridgehead atoms. The van der Waals surface area contributed by atoms with Crippen LogP contribution in [0.3, 0.4) is 0 Å². The average Bonchev–Trinajstić information content (AvgIpc) is 2.97. The summed E-state index contributed by atoms with van der Waals surface area (Å²) in [6.07, 6.45) is 5.70. The normalized spacial score (nSPS) is 10.9. The minimum atomic E-state index is 0.296. The topological polar surface area (TPSA) is 63.8 Å². The zero-order valence-corrected chi connectivity index (χ0v) is 12.7. The Bertz CT molecular complexity index is 720. The molecule has 0 fully saturated rings. The van der Waals surface area contributed by atoms with Crippen LogP contribution in [-0.2, 0) is 6.42 Å². The van der Waals surface area contributed by atoms with Gasteiger partial charge in [0.15, 0.2) is 12.2 Å². The number of hydrogen-bond acceptors (Lipinski definition) is 5. The van der Waals surface area contributed by atoms with Gasteiger partial charge in [0.2, 0.25) is 5.95 Å². The van der Waals surface area contributed by atoms with Crippen LogP contribution in [0.15, 0.2) is 53.5 Å². The van der Waals surface area contributed by atoms with Gasteiger partial charge in [-0.05, 0) is 19.4 Å². The SMILES string of the molecule is CC(C)Nc1ncc(-c2ocnc2Cc2ccccc2)cn1. The smallest absolute Gasteiger partial charge is 0.222 e. The summed E-state index contributed by atoms with van der Waals surface area (Å²) in [7, 11) is 0. The highest BCUT2D eigenvalue weighted by molar-refractivity contribution is 5.58. The molecule has 0 aliphatic rings. The number of nitrogens with one attached hydrogen (secondary N) is 1. The van der Waals surface area contributed by atoms with Crippen molar-refractivity contribution in [2.24, 2.45) is 0 Å². The first-order valence-electron chi connectivity index (χ1n) is 7.27. The van der Waals surface area contributed by atoms with E-state index in [4.69, 9.17) is 4.42 Å². The van der Waals surface area contributed by atoms with E-state index in [2.05, 4.69) is 32.4 Å². The number of aromatic nitrogens is 3. The Balaban J connectivity index is 1.82. The van der Waals surface area contributed by atoms with Gasteiger partial charge in [-0.3, -0.25) is 0 Å². The van der Waals surface area contributed by atoms with E-state index in [1.165, 1.54) is 12.0 Å². The highest BCUT2D eigenvalue weighted by Crippen LogP contribution is 2.24. The van der Waals surface area contributed by atoms with Gasteiger partial charge < -0.3 is 9.73 Å². The minimum absolute atomic E-state index is 0.296. The van der Waals surface area contributed by atoms with Gasteiger partial charge in [0, 0.05) is 24.9 Å². The molecule has 0 unspecified atom stereocenters. The van der Waals surface area contributed by atoms with Gasteiger partial charge in [0.1, 0.15) is 0 Å². The predicted octanol–water partition coefficient (Wildman–Crippen LogP) is 3.54. The molecule has 5 heteroatoms. The number of benzene rings is 1. The molecule has 112 valence electrons. The van der Waals surface area contributed by atoms with Gasteiger partial charge in [-0.2, -0.15) is 0 Å². The molecular weight excluding hydrogens is 276 g/mol. The Morgan fingerprint density at radius 3 is 2.45 bits per heavy atom. The fourth-order valence-electron chi connectivity index (χ4n) is 2.20. The van der Waals surface area contributed by atoms with E-state index in [1.807, 2.05) is 32.0 Å². The van der Waals surface area contributed by atoms with Crippen LogP contribution in [-0.4, -0.2) is 21.0 Å². The molecule has 5 nitrogen and oxygen atoms in total. The van der Waals surface area contributed by atoms with Crippen LogP contribution >= 0.6 is 0 Å². The lowest BCUT2D eigenvalue weighted by atomic mass is 10.1. The summed E-state index contributed by atoms with van der Waals surface area (Å²) in [6, 6.07) is 10.5. The lowest BCUT2D eigenvalue weighted by molar-refractivity contribution is 0.570. The van der Waals surface area contributed by atoms with Crippen molar-refractivity contribution in [3.63, 3.8) is 0 Å². The molecule has 0 spiro atoms. The van der Waals surface area contributed by atoms with E-state index in [9.17, 15) is 0 Å². The first-order chi connectivity index (χ1) is 10.7. The standard InChI is InChI=1S/C17H18N4O/c1-12(2)21-17-18-9-14(10-19-17)16-15(20-11-22-16)8-13-6-4-3-5-7-13/h3-7,9-12H,8H2,1-2H3,(H,18,19,21). The zero-order valence-electron chi connectivity index (χ0n) is 12.7. The van der Waals surface area contributed by atoms with Crippen LogP contribution < -0.4 is 5.32 Å². The molecule has 1 N–H and O–H groups in total. The highest BCUT2D eigenvalue weighted by Gasteiger charge is 2.12. The van der Waals surface area contributed by atoms with Crippen molar-refractivity contribution in [2.45, 2.75) is 26.3 Å². The number of anilines is 1. The molecular formula is C17H18N4O. The Hall–Kier alpha value is -2.69. The van der Waals surface area contributed by atoms with Crippen LogP contribution in [0.5, 0.6) is 0 Å². The number of rotatable bonds is 5. The van der Waals surface area contributed by atoms with Gasteiger partial charge in [0.25, 0.3) is 0 Å². The molecule has 22 heavy (non-hydrogen) atoms. The van der Waals surface area contributed by atoms with E-state index in [0.717, 1.165) is 23.4 Å². The molecule has 0 saturated heterocycles. The van der Waals surface area contributed by atoms with E-state index in [1.54, 1.807) is 12.4 Å². The third kappa shape index (κ3) is 3.31. The largest absolute Gasteiger partial charge is 0.443 e. The van der Waals surface area contributed by atoms with E-state index in [0.29, 0.717) is 12.0 Å². The highest BCUT2D eigenvalue weighted by atomic mass is 16.3. The second-order valence-electron chi connectivity index (χ2n) is 5.38. The summed E-state index contributed by atoms with van der Waals surface area (Å²) in [5, 5.41) is 3.16. The molecule has 3 aromatic rings. The average molecular weight is 294 g/mol. The zero-order chi connectivity index (χ0) is 15.4. The fraction of sp³-hybridized carbons (Fsp3) is 0.235. The van der Waals surface area contributed by atoms with Crippen molar-refractivity contribution in [1.82, 2.24) is 15.0 Å². The quantitative estimate of drug-likeness (QED) is 0.779. The number of oxazole rings is 1. The first kappa shape index (κ1) is 14.3. The molecule has 0 amide bonds. The summed E-state index contributed by atoms with van der Waals surface area (Å²) in [6.45, 7) is 4.09. The van der Waals surface area contributed by atoms with Gasteiger partial charge in [-0.25, -0.2) is 15.0 Å². The molecule has 3 rings (SSSR count). The summed E-state index contributed by atoms with van der Waals surface area (Å²) < 4.78 is 5.53. The molecule has 0 aliphatic heterocycles. The van der Waals surface area contributed by atoms with Gasteiger partial charge >= 0.3 is 0 Å². The van der Waals surface area contributed by atoms with Gasteiger partial charge in [-0.15, -0.1) is 0 Å². The molecule has 1 aromatic carbocycles. The van der Waals surface area contributed by atoms with Crippen molar-refractivity contribution in [3.8, 4) is 11.3 Å². The lowest BCUT2D eigenvalue weighted by Gasteiger charge is -2.07. The van der Waals surface area contributed by atoms with Crippen LogP contribution in [0.1, 0.15) is 25.1 Å². The lowest BCUT2D eigenvalue weighted by Crippen LogP contribution is -2.12. The summed E-state index contributed by atoms with van der Waals surface area (Å²) >= 11 is 0. The van der Waals surface area contributed by atoms with Crippen LogP contribution in [0.25, 0.3) is 11.3 Å². The Morgan fingerprint density at radius 1 is 1.05 bits per heavy atom. The van der Waals surface area contributed by atoms with Crippen molar-refractivity contribution in [2.75, 3.05) is 5.32 Å². The van der Waals surface area contributed by atoms with Crippen molar-refractivity contribution in [3.05, 3.63) is 60.4 Å². The van der Waals surface area contributed by atoms with Crippen molar-refractivity contribution in [1.29, 1.82) is 0 Å². The Labute approximate surface area is 129 Å². The molecule has 0 radical (unpaired) electrons. The predicted molar refractivity (Wildman–Crippen MR) is 85.5 cm³/mol. The number of nitrogens with zero attached hydrogens (tertiary/aromatic N) is 3. The first-order valence-corrected chi connectivity index (χ1v) is 7.27.